The largest absolute Gasteiger partial charge is 0.458 e. The van der Waals surface area contributed by atoms with E-state index in [1.54, 1.807) is 6.08 Å². The van der Waals surface area contributed by atoms with E-state index in [1.165, 1.54) is 10.8 Å². The molecule has 1 aliphatic rings. The fraction of sp³-hybridized carbons (Fsp3) is 0.207. The van der Waals surface area contributed by atoms with Gasteiger partial charge in [-0.15, -0.1) is 0 Å². The molecule has 4 rings (SSSR count). The summed E-state index contributed by atoms with van der Waals surface area (Å²) in [4.78, 5) is 12.5. The summed E-state index contributed by atoms with van der Waals surface area (Å²) in [6.45, 7) is 6.81. The Labute approximate surface area is 197 Å². The third-order valence-electron chi connectivity index (χ3n) is 5.95. The summed E-state index contributed by atoms with van der Waals surface area (Å²) in [5.41, 5.74) is 5.46. The molecular formula is C29H30O3Si. The smallest absolute Gasteiger partial charge is 0.331 e. The van der Waals surface area contributed by atoms with Gasteiger partial charge in [-0.1, -0.05) is 84.9 Å². The van der Waals surface area contributed by atoms with Crippen LogP contribution in [-0.2, 0) is 20.6 Å². The number of allylic oxidation sites excluding steroid dienone is 2. The zero-order valence-electron chi connectivity index (χ0n) is 19.5. The number of rotatable bonds is 6. The molecule has 1 atom stereocenters. The summed E-state index contributed by atoms with van der Waals surface area (Å²) in [7, 11) is -1.98. The van der Waals surface area contributed by atoms with Gasteiger partial charge in [-0.2, -0.15) is 0 Å². The predicted molar refractivity (Wildman–Crippen MR) is 137 cm³/mol. The Kier molecular flexibility index (Phi) is 7.07. The minimum Gasteiger partial charge on any atom is -0.458 e. The highest BCUT2D eigenvalue weighted by atomic mass is 28.4. The molecule has 0 saturated carbocycles. The lowest BCUT2D eigenvalue weighted by molar-refractivity contribution is -0.139. The standard InChI is InChI=1S/C29H30O3Si/c1-22-20-28(33(2,3)32-22)27(26-12-8-5-9-13-26)18-19-29(30)31-21-23-14-16-25(17-15-23)24-10-6-4-7-11-24/h4-19,22H,20-21H2,1-3H3/b19-18+,28-27-/t22-/m0/s1. The Morgan fingerprint density at radius 1 is 0.909 bits per heavy atom. The maximum atomic E-state index is 12.5. The number of ether oxygens (including phenoxy) is 1. The van der Waals surface area contributed by atoms with Crippen molar-refractivity contribution < 1.29 is 14.0 Å². The van der Waals surface area contributed by atoms with Crippen LogP contribution in [0.15, 0.2) is 102 Å². The lowest BCUT2D eigenvalue weighted by Gasteiger charge is -2.19. The summed E-state index contributed by atoms with van der Waals surface area (Å²) < 4.78 is 11.8. The maximum absolute atomic E-state index is 12.5. The Hall–Kier alpha value is -3.21. The van der Waals surface area contributed by atoms with Crippen molar-refractivity contribution in [1.29, 1.82) is 0 Å². The topological polar surface area (TPSA) is 35.5 Å². The van der Waals surface area contributed by atoms with Crippen LogP contribution in [0.25, 0.3) is 16.7 Å². The van der Waals surface area contributed by atoms with Crippen molar-refractivity contribution in [2.24, 2.45) is 0 Å². The first-order valence-corrected chi connectivity index (χ1v) is 14.3. The minimum absolute atomic E-state index is 0.208. The Morgan fingerprint density at radius 2 is 1.52 bits per heavy atom. The van der Waals surface area contributed by atoms with Crippen molar-refractivity contribution >= 4 is 19.9 Å². The van der Waals surface area contributed by atoms with Crippen LogP contribution in [0.4, 0.5) is 0 Å². The molecule has 0 spiro atoms. The van der Waals surface area contributed by atoms with Crippen LogP contribution in [0.5, 0.6) is 0 Å². The van der Waals surface area contributed by atoms with Gasteiger partial charge in [0, 0.05) is 12.2 Å². The highest BCUT2D eigenvalue weighted by Crippen LogP contribution is 2.37. The Bertz CT molecular complexity index is 1150. The molecule has 0 amide bonds. The van der Waals surface area contributed by atoms with Crippen molar-refractivity contribution in [1.82, 2.24) is 0 Å². The van der Waals surface area contributed by atoms with Crippen molar-refractivity contribution in [2.45, 2.75) is 39.1 Å². The van der Waals surface area contributed by atoms with Gasteiger partial charge in [0.15, 0.2) is 0 Å². The van der Waals surface area contributed by atoms with E-state index >= 15 is 0 Å². The second-order valence-electron chi connectivity index (χ2n) is 8.91. The molecule has 0 aliphatic carbocycles. The van der Waals surface area contributed by atoms with E-state index in [-0.39, 0.29) is 18.7 Å². The molecule has 1 heterocycles. The molecule has 0 radical (unpaired) electrons. The minimum atomic E-state index is -1.98. The molecule has 0 bridgehead atoms. The normalized spacial score (nSPS) is 18.9. The quantitative estimate of drug-likeness (QED) is 0.229. The monoisotopic (exact) mass is 454 g/mol. The molecule has 0 N–H and O–H groups in total. The molecule has 3 aromatic rings. The van der Waals surface area contributed by atoms with Crippen molar-refractivity contribution in [3.05, 3.63) is 113 Å². The van der Waals surface area contributed by atoms with Crippen LogP contribution in [0.3, 0.4) is 0 Å². The third kappa shape index (κ3) is 5.78. The van der Waals surface area contributed by atoms with Crippen LogP contribution in [0, 0.1) is 0 Å². The lowest BCUT2D eigenvalue weighted by Crippen LogP contribution is -2.28. The lowest BCUT2D eigenvalue weighted by atomic mass is 10.0. The van der Waals surface area contributed by atoms with Gasteiger partial charge < -0.3 is 9.16 Å². The molecule has 33 heavy (non-hydrogen) atoms. The molecule has 0 unspecified atom stereocenters. The number of carbonyl (C=O) groups is 1. The Morgan fingerprint density at radius 3 is 2.12 bits per heavy atom. The Balaban J connectivity index is 1.46. The number of carbonyl (C=O) groups excluding carboxylic acids is 1. The molecule has 168 valence electrons. The van der Waals surface area contributed by atoms with E-state index in [1.807, 2.05) is 54.6 Å². The van der Waals surface area contributed by atoms with E-state index in [4.69, 9.17) is 9.16 Å². The average Bonchev–Trinajstić information content (AvgIpc) is 3.11. The highest BCUT2D eigenvalue weighted by Gasteiger charge is 2.39. The van der Waals surface area contributed by atoms with Gasteiger partial charge in [0.05, 0.1) is 0 Å². The van der Waals surface area contributed by atoms with Gasteiger partial charge in [-0.25, -0.2) is 4.79 Å². The number of hydrogen-bond donors (Lipinski definition) is 0. The van der Waals surface area contributed by atoms with E-state index < -0.39 is 8.32 Å². The van der Waals surface area contributed by atoms with Crippen LogP contribution < -0.4 is 0 Å². The number of esters is 1. The molecule has 0 aromatic heterocycles. The van der Waals surface area contributed by atoms with E-state index in [0.717, 1.165) is 28.7 Å². The first-order valence-electron chi connectivity index (χ1n) is 11.4. The number of benzene rings is 3. The second kappa shape index (κ2) is 10.2. The van der Waals surface area contributed by atoms with Gasteiger partial charge in [0.1, 0.15) is 6.61 Å². The van der Waals surface area contributed by atoms with Crippen molar-refractivity contribution in [2.75, 3.05) is 0 Å². The zero-order valence-corrected chi connectivity index (χ0v) is 20.5. The third-order valence-corrected chi connectivity index (χ3v) is 8.87. The summed E-state index contributed by atoms with van der Waals surface area (Å²) in [6.07, 6.45) is 4.55. The fourth-order valence-corrected chi connectivity index (χ4v) is 7.24. The molecule has 1 aliphatic heterocycles. The summed E-state index contributed by atoms with van der Waals surface area (Å²) >= 11 is 0. The van der Waals surface area contributed by atoms with Gasteiger partial charge in [0.2, 0.25) is 8.32 Å². The first kappa shape index (κ1) is 23.0. The van der Waals surface area contributed by atoms with Gasteiger partial charge >= 0.3 is 5.97 Å². The van der Waals surface area contributed by atoms with E-state index in [9.17, 15) is 4.79 Å². The van der Waals surface area contributed by atoms with Gasteiger partial charge in [0.25, 0.3) is 0 Å². The van der Waals surface area contributed by atoms with Crippen LogP contribution >= 0.6 is 0 Å². The average molecular weight is 455 g/mol. The van der Waals surface area contributed by atoms with Crippen molar-refractivity contribution in [3.63, 3.8) is 0 Å². The zero-order chi connectivity index (χ0) is 23.3. The molecule has 3 aromatic carbocycles. The van der Waals surface area contributed by atoms with E-state index in [2.05, 4.69) is 56.4 Å². The van der Waals surface area contributed by atoms with Gasteiger partial charge in [-0.3, -0.25) is 0 Å². The van der Waals surface area contributed by atoms with Gasteiger partial charge in [-0.05, 0) is 65.5 Å². The summed E-state index contributed by atoms with van der Waals surface area (Å²) in [5.74, 6) is -0.345. The van der Waals surface area contributed by atoms with Crippen molar-refractivity contribution in [3.8, 4) is 11.1 Å². The van der Waals surface area contributed by atoms with Crippen LogP contribution in [-0.4, -0.2) is 20.4 Å². The SMILES string of the molecule is C[C@H]1C/C(=C(\C=C\C(=O)OCc2ccc(-c3ccccc3)cc2)c2ccccc2)[Si](C)(C)O1. The first-order chi connectivity index (χ1) is 15.9. The second-order valence-corrected chi connectivity index (χ2v) is 12.8. The predicted octanol–water partition coefficient (Wildman–Crippen LogP) is 6.96. The number of hydrogen-bond acceptors (Lipinski definition) is 3. The molecule has 4 heteroatoms. The summed E-state index contributed by atoms with van der Waals surface area (Å²) in [5, 5.41) is 1.33. The van der Waals surface area contributed by atoms with E-state index in [0.29, 0.717) is 0 Å². The van der Waals surface area contributed by atoms with Crippen LogP contribution in [0.1, 0.15) is 24.5 Å². The molecular weight excluding hydrogens is 424 g/mol. The highest BCUT2D eigenvalue weighted by molar-refractivity contribution is 6.80. The fourth-order valence-electron chi connectivity index (χ4n) is 4.35. The molecule has 1 fully saturated rings. The molecule has 3 nitrogen and oxygen atoms in total. The molecule has 1 saturated heterocycles. The van der Waals surface area contributed by atoms with Crippen LogP contribution in [0.2, 0.25) is 13.1 Å². The maximum Gasteiger partial charge on any atom is 0.331 e. The summed E-state index contributed by atoms with van der Waals surface area (Å²) in [6, 6.07) is 28.6.